The quantitative estimate of drug-likeness (QED) is 0.601. The minimum Gasteiger partial charge on any atom is -0.376 e. The molecule has 7 nitrogen and oxygen atoms in total. The third kappa shape index (κ3) is 3.85. The third-order valence-corrected chi connectivity index (χ3v) is 4.47. The van der Waals surface area contributed by atoms with E-state index in [4.69, 9.17) is 23.1 Å². The van der Waals surface area contributed by atoms with Crippen molar-refractivity contribution >= 4 is 33.2 Å². The number of thiocarbonyl (C=S) groups is 1. The summed E-state index contributed by atoms with van der Waals surface area (Å²) in [5.41, 5.74) is 7.91. The molecule has 0 bridgehead atoms. The van der Waals surface area contributed by atoms with Gasteiger partial charge in [0.1, 0.15) is 0 Å². The number of nitrogens with zero attached hydrogens (tertiary/aromatic N) is 2. The molecule has 0 saturated heterocycles. The Morgan fingerprint density at radius 3 is 2.28 bits per heavy atom. The molecular weight excluding hydrogens is 358 g/mol. The first-order chi connectivity index (χ1) is 11.8. The van der Waals surface area contributed by atoms with Crippen molar-refractivity contribution in [2.75, 3.05) is 5.32 Å². The van der Waals surface area contributed by atoms with Gasteiger partial charge in [0.05, 0.1) is 16.3 Å². The second-order valence-corrected chi connectivity index (χ2v) is 7.22. The Bertz CT molecular complexity index is 1010. The SMILES string of the molecule is NC(=S)Nc1cc(-c2ccccc2)n(-c2ccc(S(N)(=O)=O)cc2)n1. The van der Waals surface area contributed by atoms with Gasteiger partial charge >= 0.3 is 0 Å². The fourth-order valence-electron chi connectivity index (χ4n) is 2.36. The van der Waals surface area contributed by atoms with E-state index in [2.05, 4.69) is 10.4 Å². The maximum absolute atomic E-state index is 11.4. The second kappa shape index (κ2) is 6.63. The molecule has 128 valence electrons. The number of hydrogen-bond donors (Lipinski definition) is 3. The molecule has 0 amide bonds. The van der Waals surface area contributed by atoms with Crippen LogP contribution in [0.3, 0.4) is 0 Å². The van der Waals surface area contributed by atoms with Crippen LogP contribution < -0.4 is 16.2 Å². The van der Waals surface area contributed by atoms with Crippen LogP contribution in [0, 0.1) is 0 Å². The predicted molar refractivity (Wildman–Crippen MR) is 101 cm³/mol. The van der Waals surface area contributed by atoms with Gasteiger partial charge in [-0.1, -0.05) is 30.3 Å². The van der Waals surface area contributed by atoms with E-state index in [9.17, 15) is 8.42 Å². The topological polar surface area (TPSA) is 116 Å². The third-order valence-electron chi connectivity index (χ3n) is 3.44. The first-order valence-electron chi connectivity index (χ1n) is 7.20. The lowest BCUT2D eigenvalue weighted by Gasteiger charge is -2.08. The molecular formula is C16H15N5O2S2. The normalized spacial score (nSPS) is 11.2. The Morgan fingerprint density at radius 2 is 1.72 bits per heavy atom. The number of aromatic nitrogens is 2. The molecule has 0 spiro atoms. The highest BCUT2D eigenvalue weighted by molar-refractivity contribution is 7.89. The summed E-state index contributed by atoms with van der Waals surface area (Å²) in [5.74, 6) is 0.488. The Kier molecular flexibility index (Phi) is 4.53. The lowest BCUT2D eigenvalue weighted by atomic mass is 10.1. The summed E-state index contributed by atoms with van der Waals surface area (Å²) in [6, 6.07) is 17.6. The maximum atomic E-state index is 11.4. The molecule has 0 unspecified atom stereocenters. The van der Waals surface area contributed by atoms with Crippen LogP contribution in [0.15, 0.2) is 65.6 Å². The summed E-state index contributed by atoms with van der Waals surface area (Å²) in [6.45, 7) is 0. The van der Waals surface area contributed by atoms with Crippen molar-refractivity contribution in [2.24, 2.45) is 10.9 Å². The molecule has 1 aromatic heterocycles. The number of rotatable bonds is 4. The van der Waals surface area contributed by atoms with Gasteiger partial charge < -0.3 is 11.1 Å². The van der Waals surface area contributed by atoms with Gasteiger partial charge in [-0.25, -0.2) is 18.2 Å². The molecule has 0 saturated carbocycles. The fourth-order valence-corrected chi connectivity index (χ4v) is 2.98. The van der Waals surface area contributed by atoms with E-state index in [1.807, 2.05) is 36.4 Å². The molecule has 1 heterocycles. The predicted octanol–water partition coefficient (Wildman–Crippen LogP) is 1.84. The number of nitrogens with one attached hydrogen (secondary N) is 1. The van der Waals surface area contributed by atoms with E-state index < -0.39 is 10.0 Å². The zero-order valence-corrected chi connectivity index (χ0v) is 14.6. The summed E-state index contributed by atoms with van der Waals surface area (Å²) in [5, 5.41) is 12.5. The van der Waals surface area contributed by atoms with Gasteiger partial charge in [0.15, 0.2) is 10.9 Å². The number of primary sulfonamides is 1. The first kappa shape index (κ1) is 17.1. The molecule has 9 heteroatoms. The zero-order chi connectivity index (χ0) is 18.0. The van der Waals surface area contributed by atoms with E-state index in [-0.39, 0.29) is 10.0 Å². The van der Waals surface area contributed by atoms with Crippen LogP contribution >= 0.6 is 12.2 Å². The Labute approximate surface area is 150 Å². The molecule has 3 rings (SSSR count). The van der Waals surface area contributed by atoms with Gasteiger partial charge in [0.2, 0.25) is 10.0 Å². The van der Waals surface area contributed by atoms with Crippen LogP contribution in [0.25, 0.3) is 16.9 Å². The monoisotopic (exact) mass is 373 g/mol. The molecule has 0 aliphatic heterocycles. The highest BCUT2D eigenvalue weighted by Crippen LogP contribution is 2.26. The van der Waals surface area contributed by atoms with Crippen molar-refractivity contribution in [3.8, 4) is 16.9 Å². The summed E-state index contributed by atoms with van der Waals surface area (Å²) in [7, 11) is -3.75. The lowest BCUT2D eigenvalue weighted by Crippen LogP contribution is -2.19. The highest BCUT2D eigenvalue weighted by Gasteiger charge is 2.13. The standard InChI is InChI=1S/C16H15N5O2S2/c17-16(24)19-15-10-14(11-4-2-1-3-5-11)21(20-15)12-6-8-13(9-7-12)25(18,22)23/h1-10H,(H2,18,22,23)(H3,17,19,20,24). The van der Waals surface area contributed by atoms with Crippen LogP contribution in [-0.4, -0.2) is 23.3 Å². The molecule has 0 atom stereocenters. The fraction of sp³-hybridized carbons (Fsp3) is 0. The van der Waals surface area contributed by atoms with Gasteiger partial charge in [-0.15, -0.1) is 5.10 Å². The summed E-state index contributed by atoms with van der Waals surface area (Å²) < 4.78 is 24.5. The van der Waals surface area contributed by atoms with E-state index in [0.717, 1.165) is 11.3 Å². The van der Waals surface area contributed by atoms with Crippen LogP contribution in [0.4, 0.5) is 5.82 Å². The van der Waals surface area contributed by atoms with Crippen molar-refractivity contribution < 1.29 is 8.42 Å². The zero-order valence-electron chi connectivity index (χ0n) is 13.0. The van der Waals surface area contributed by atoms with Crippen LogP contribution in [0.5, 0.6) is 0 Å². The second-order valence-electron chi connectivity index (χ2n) is 5.22. The van der Waals surface area contributed by atoms with Crippen molar-refractivity contribution in [1.82, 2.24) is 9.78 Å². The maximum Gasteiger partial charge on any atom is 0.238 e. The van der Waals surface area contributed by atoms with Crippen molar-refractivity contribution in [3.05, 3.63) is 60.7 Å². The van der Waals surface area contributed by atoms with E-state index in [0.29, 0.717) is 11.5 Å². The molecule has 0 aliphatic carbocycles. The average molecular weight is 373 g/mol. The summed E-state index contributed by atoms with van der Waals surface area (Å²) in [6.07, 6.45) is 0. The minimum absolute atomic E-state index is 0.0335. The largest absolute Gasteiger partial charge is 0.376 e. The van der Waals surface area contributed by atoms with Crippen LogP contribution in [0.2, 0.25) is 0 Å². The molecule has 3 aromatic rings. The minimum atomic E-state index is -3.75. The Hall–Kier alpha value is -2.75. The van der Waals surface area contributed by atoms with E-state index in [1.54, 1.807) is 16.8 Å². The first-order valence-corrected chi connectivity index (χ1v) is 9.15. The van der Waals surface area contributed by atoms with Gasteiger partial charge in [-0.2, -0.15) is 0 Å². The molecule has 0 aliphatic rings. The number of anilines is 1. The average Bonchev–Trinajstić information content (AvgIpc) is 2.98. The smallest absolute Gasteiger partial charge is 0.238 e. The van der Waals surface area contributed by atoms with Gasteiger partial charge in [0, 0.05) is 11.6 Å². The van der Waals surface area contributed by atoms with Gasteiger partial charge in [-0.3, -0.25) is 0 Å². The number of nitrogens with two attached hydrogens (primary N) is 2. The van der Waals surface area contributed by atoms with Crippen molar-refractivity contribution in [3.63, 3.8) is 0 Å². The molecule has 0 fully saturated rings. The van der Waals surface area contributed by atoms with Crippen molar-refractivity contribution in [1.29, 1.82) is 0 Å². The molecule has 5 N–H and O–H groups in total. The summed E-state index contributed by atoms with van der Waals surface area (Å²) in [4.78, 5) is 0.0335. The number of sulfonamides is 1. The lowest BCUT2D eigenvalue weighted by molar-refractivity contribution is 0.598. The summed E-state index contributed by atoms with van der Waals surface area (Å²) >= 11 is 4.86. The number of hydrogen-bond acceptors (Lipinski definition) is 4. The van der Waals surface area contributed by atoms with Crippen LogP contribution in [-0.2, 0) is 10.0 Å². The Morgan fingerprint density at radius 1 is 1.08 bits per heavy atom. The van der Waals surface area contributed by atoms with Gasteiger partial charge in [-0.05, 0) is 36.5 Å². The van der Waals surface area contributed by atoms with Crippen LogP contribution in [0.1, 0.15) is 0 Å². The molecule has 2 aromatic carbocycles. The molecule has 0 radical (unpaired) electrons. The van der Waals surface area contributed by atoms with Crippen molar-refractivity contribution in [2.45, 2.75) is 4.90 Å². The van der Waals surface area contributed by atoms with E-state index >= 15 is 0 Å². The highest BCUT2D eigenvalue weighted by atomic mass is 32.2. The van der Waals surface area contributed by atoms with Gasteiger partial charge in [0.25, 0.3) is 0 Å². The Balaban J connectivity index is 2.11. The molecule has 25 heavy (non-hydrogen) atoms. The van der Waals surface area contributed by atoms with E-state index in [1.165, 1.54) is 12.1 Å². The number of benzene rings is 2.